The lowest BCUT2D eigenvalue weighted by Crippen LogP contribution is -2.42. The number of amides is 1. The minimum absolute atomic E-state index is 0. The van der Waals surface area contributed by atoms with Crippen LogP contribution in [-0.4, -0.2) is 43.2 Å². The Balaban J connectivity index is 0.00000242. The van der Waals surface area contributed by atoms with Crippen LogP contribution in [0, 0.1) is 11.7 Å². The monoisotopic (exact) mass is 346 g/mol. The molecule has 22 heavy (non-hydrogen) atoms. The molecule has 1 N–H and O–H groups in total. The molecule has 1 amide bonds. The predicted molar refractivity (Wildman–Crippen MR) is 92.2 cm³/mol. The maximum absolute atomic E-state index is 13.5. The number of carbonyl (C=O) groups is 1. The first kappa shape index (κ1) is 19.3. The average molecular weight is 347 g/mol. The smallest absolute Gasteiger partial charge is 0.223 e. The maximum atomic E-state index is 13.5. The molecular weight excluding hydrogens is 323 g/mol. The number of carbonyl (C=O) groups excluding carboxylic acids is 1. The summed E-state index contributed by atoms with van der Waals surface area (Å²) in [6.07, 6.45) is 2.75. The first-order valence-corrected chi connectivity index (χ1v) is 8.49. The Morgan fingerprint density at radius 2 is 2.23 bits per heavy atom. The molecule has 0 spiro atoms. The fourth-order valence-corrected chi connectivity index (χ4v) is 3.59. The van der Waals surface area contributed by atoms with E-state index in [1.807, 2.05) is 18.0 Å². The minimum atomic E-state index is -0.206. The Kier molecular flexibility index (Phi) is 8.83. The van der Waals surface area contributed by atoms with E-state index in [1.54, 1.807) is 12.1 Å². The van der Waals surface area contributed by atoms with Crippen LogP contribution in [0.25, 0.3) is 0 Å². The SMILES string of the molecule is CNCC1CCCN(C(=O)CCSc2ccccc2F)C1.Cl. The largest absolute Gasteiger partial charge is 0.342 e. The summed E-state index contributed by atoms with van der Waals surface area (Å²) in [6, 6.07) is 6.71. The van der Waals surface area contributed by atoms with E-state index < -0.39 is 0 Å². The second-order valence-corrected chi connectivity index (χ2v) is 6.57. The zero-order valence-electron chi connectivity index (χ0n) is 12.9. The second-order valence-electron chi connectivity index (χ2n) is 5.43. The van der Waals surface area contributed by atoms with Crippen molar-refractivity contribution < 1.29 is 9.18 Å². The third-order valence-electron chi connectivity index (χ3n) is 3.77. The molecule has 1 aromatic rings. The van der Waals surface area contributed by atoms with Crippen molar-refractivity contribution in [3.05, 3.63) is 30.1 Å². The van der Waals surface area contributed by atoms with Gasteiger partial charge < -0.3 is 10.2 Å². The Morgan fingerprint density at radius 1 is 1.45 bits per heavy atom. The van der Waals surface area contributed by atoms with Gasteiger partial charge in [-0.25, -0.2) is 4.39 Å². The molecule has 124 valence electrons. The summed E-state index contributed by atoms with van der Waals surface area (Å²) in [5.74, 6) is 1.18. The van der Waals surface area contributed by atoms with E-state index in [0.29, 0.717) is 23.0 Å². The van der Waals surface area contributed by atoms with E-state index in [4.69, 9.17) is 0 Å². The summed E-state index contributed by atoms with van der Waals surface area (Å²) in [5.41, 5.74) is 0. The molecule has 0 aliphatic carbocycles. The van der Waals surface area contributed by atoms with Crippen molar-refractivity contribution in [1.82, 2.24) is 10.2 Å². The highest BCUT2D eigenvalue weighted by Crippen LogP contribution is 2.23. The van der Waals surface area contributed by atoms with Crippen molar-refractivity contribution in [2.24, 2.45) is 5.92 Å². The van der Waals surface area contributed by atoms with Crippen molar-refractivity contribution in [3.8, 4) is 0 Å². The topological polar surface area (TPSA) is 32.3 Å². The highest BCUT2D eigenvalue weighted by Gasteiger charge is 2.22. The van der Waals surface area contributed by atoms with Gasteiger partial charge in [-0.1, -0.05) is 12.1 Å². The minimum Gasteiger partial charge on any atom is -0.342 e. The molecule has 0 bridgehead atoms. The fraction of sp³-hybridized carbons (Fsp3) is 0.562. The van der Waals surface area contributed by atoms with Gasteiger partial charge in [-0.2, -0.15) is 0 Å². The molecular formula is C16H24ClFN2OS. The lowest BCUT2D eigenvalue weighted by atomic mass is 9.98. The molecule has 0 aromatic heterocycles. The van der Waals surface area contributed by atoms with Crippen LogP contribution in [0.15, 0.2) is 29.2 Å². The van der Waals surface area contributed by atoms with Gasteiger partial charge in [0.1, 0.15) is 5.82 Å². The summed E-state index contributed by atoms with van der Waals surface area (Å²) in [4.78, 5) is 14.8. The lowest BCUT2D eigenvalue weighted by Gasteiger charge is -2.32. The van der Waals surface area contributed by atoms with Gasteiger partial charge in [0.15, 0.2) is 0 Å². The number of rotatable bonds is 6. The van der Waals surface area contributed by atoms with E-state index in [2.05, 4.69) is 5.32 Å². The van der Waals surface area contributed by atoms with Crippen molar-refractivity contribution in [1.29, 1.82) is 0 Å². The van der Waals surface area contributed by atoms with Crippen molar-refractivity contribution in [3.63, 3.8) is 0 Å². The maximum Gasteiger partial charge on any atom is 0.223 e. The van der Waals surface area contributed by atoms with Gasteiger partial charge in [-0.15, -0.1) is 24.2 Å². The first-order chi connectivity index (χ1) is 10.2. The summed E-state index contributed by atoms with van der Waals surface area (Å²) in [5, 5.41) is 3.18. The van der Waals surface area contributed by atoms with Crippen LogP contribution in [0.4, 0.5) is 4.39 Å². The summed E-state index contributed by atoms with van der Waals surface area (Å²) in [7, 11) is 1.95. The van der Waals surface area contributed by atoms with Crippen LogP contribution in [0.2, 0.25) is 0 Å². The predicted octanol–water partition coefficient (Wildman–Crippen LogP) is 3.19. The quantitative estimate of drug-likeness (QED) is 0.803. The summed E-state index contributed by atoms with van der Waals surface area (Å²) < 4.78 is 13.5. The number of thioether (sulfide) groups is 1. The molecule has 0 radical (unpaired) electrons. The number of halogens is 2. The Hall–Kier alpha value is -0.780. The van der Waals surface area contributed by atoms with Crippen molar-refractivity contribution >= 4 is 30.1 Å². The van der Waals surface area contributed by atoms with Gasteiger partial charge in [0.05, 0.1) is 0 Å². The number of nitrogens with zero attached hydrogens (tertiary/aromatic N) is 1. The standard InChI is InChI=1S/C16H23FN2OS.ClH/c1-18-11-13-5-4-9-19(12-13)16(20)8-10-21-15-7-3-2-6-14(15)17;/h2-3,6-7,13,18H,4-5,8-12H2,1H3;1H. The fourth-order valence-electron chi connectivity index (χ4n) is 2.72. The second kappa shape index (κ2) is 10.1. The molecule has 1 aromatic carbocycles. The van der Waals surface area contributed by atoms with Gasteiger partial charge in [-0.3, -0.25) is 4.79 Å². The van der Waals surface area contributed by atoms with Crippen molar-refractivity contribution in [2.45, 2.75) is 24.2 Å². The molecule has 1 aliphatic rings. The van der Waals surface area contributed by atoms with Crippen LogP contribution in [-0.2, 0) is 4.79 Å². The van der Waals surface area contributed by atoms with Gasteiger partial charge in [0.2, 0.25) is 5.91 Å². The van der Waals surface area contributed by atoms with Gasteiger partial charge in [0, 0.05) is 30.2 Å². The van der Waals surface area contributed by atoms with Gasteiger partial charge >= 0.3 is 0 Å². The van der Waals surface area contributed by atoms with E-state index in [-0.39, 0.29) is 24.1 Å². The highest BCUT2D eigenvalue weighted by atomic mass is 35.5. The zero-order chi connectivity index (χ0) is 15.1. The van der Waals surface area contributed by atoms with Crippen LogP contribution in [0.1, 0.15) is 19.3 Å². The van der Waals surface area contributed by atoms with Crippen LogP contribution in [0.3, 0.4) is 0 Å². The number of nitrogens with one attached hydrogen (secondary N) is 1. The molecule has 6 heteroatoms. The zero-order valence-corrected chi connectivity index (χ0v) is 14.5. The molecule has 3 nitrogen and oxygen atoms in total. The highest BCUT2D eigenvalue weighted by molar-refractivity contribution is 7.99. The van der Waals surface area contributed by atoms with E-state index in [0.717, 1.165) is 26.1 Å². The first-order valence-electron chi connectivity index (χ1n) is 7.50. The average Bonchev–Trinajstić information content (AvgIpc) is 2.50. The summed E-state index contributed by atoms with van der Waals surface area (Å²) in [6.45, 7) is 2.68. The number of likely N-dealkylation sites (tertiary alicyclic amines) is 1. The molecule has 1 aliphatic heterocycles. The van der Waals surface area contributed by atoms with E-state index in [9.17, 15) is 9.18 Å². The van der Waals surface area contributed by atoms with Crippen LogP contribution >= 0.6 is 24.2 Å². The van der Waals surface area contributed by atoms with Gasteiger partial charge in [0.25, 0.3) is 0 Å². The molecule has 0 saturated carbocycles. The van der Waals surface area contributed by atoms with Crippen LogP contribution in [0.5, 0.6) is 0 Å². The number of hydrogen-bond donors (Lipinski definition) is 1. The molecule has 1 fully saturated rings. The molecule has 1 atom stereocenters. The summed E-state index contributed by atoms with van der Waals surface area (Å²) >= 11 is 1.42. The Labute approximate surface area is 142 Å². The third-order valence-corrected chi connectivity index (χ3v) is 4.82. The van der Waals surface area contributed by atoms with Crippen LogP contribution < -0.4 is 5.32 Å². The van der Waals surface area contributed by atoms with Gasteiger partial charge in [-0.05, 0) is 44.5 Å². The molecule has 2 rings (SSSR count). The Bertz CT molecular complexity index is 473. The van der Waals surface area contributed by atoms with E-state index >= 15 is 0 Å². The number of piperidine rings is 1. The van der Waals surface area contributed by atoms with E-state index in [1.165, 1.54) is 24.2 Å². The number of hydrogen-bond acceptors (Lipinski definition) is 3. The number of benzene rings is 1. The third kappa shape index (κ3) is 5.78. The Morgan fingerprint density at radius 3 is 2.95 bits per heavy atom. The molecule has 1 heterocycles. The lowest BCUT2D eigenvalue weighted by molar-refractivity contribution is -0.132. The molecule has 1 unspecified atom stereocenters. The molecule has 1 saturated heterocycles. The van der Waals surface area contributed by atoms with Crippen molar-refractivity contribution in [2.75, 3.05) is 32.4 Å². The normalized spacial score (nSPS) is 17.9.